The molecule has 0 aromatic heterocycles. The van der Waals surface area contributed by atoms with Gasteiger partial charge in [0, 0.05) is 17.4 Å². The van der Waals surface area contributed by atoms with Crippen molar-refractivity contribution in [2.45, 2.75) is 45.4 Å². The topological polar surface area (TPSA) is 34.1 Å². The number of hydrogen-bond acceptors (Lipinski definition) is 2. The third-order valence-electron chi connectivity index (χ3n) is 2.16. The Bertz CT molecular complexity index is 252. The largest absolute Gasteiger partial charge is 0.229 e. The maximum Gasteiger partial charge on any atom is 0.147 e. The molecule has 0 aliphatic heterocycles. The van der Waals surface area contributed by atoms with E-state index in [1.54, 1.807) is 0 Å². The lowest BCUT2D eigenvalue weighted by atomic mass is 9.89. The minimum atomic E-state index is -2.80. The Hall–Kier alpha value is 0.240. The molecule has 1 unspecified atom stereocenters. The summed E-state index contributed by atoms with van der Waals surface area (Å²) in [5.74, 6) is 0.279. The molecule has 0 amide bonds. The van der Waals surface area contributed by atoms with E-state index in [-0.39, 0.29) is 16.5 Å². The average Bonchev–Trinajstić information content (AvgIpc) is 1.93. The van der Waals surface area contributed by atoms with Gasteiger partial charge in [0.15, 0.2) is 0 Å². The summed E-state index contributed by atoms with van der Waals surface area (Å²) in [6.07, 6.45) is 3.77. The zero-order valence-corrected chi connectivity index (χ0v) is 11.1. The van der Waals surface area contributed by atoms with Gasteiger partial charge in [0.2, 0.25) is 0 Å². The molecule has 0 heterocycles. The predicted molar refractivity (Wildman–Crippen MR) is 62.7 cm³/mol. The second-order valence-electron chi connectivity index (χ2n) is 4.96. The number of unbranched alkanes of at least 4 members (excludes halogenated alkanes) is 1. The van der Waals surface area contributed by atoms with Crippen LogP contribution in [0.3, 0.4) is 0 Å². The van der Waals surface area contributed by atoms with Crippen molar-refractivity contribution in [3.05, 3.63) is 0 Å². The fraction of sp³-hybridized carbons (Fsp3) is 1.00. The molecule has 0 spiro atoms. The molecule has 14 heavy (non-hydrogen) atoms. The average molecular weight is 241 g/mol. The molecule has 2 nitrogen and oxygen atoms in total. The molecule has 0 fully saturated rings. The molecular formula is C10H21ClO2S. The summed E-state index contributed by atoms with van der Waals surface area (Å²) in [5.41, 5.74) is 0.104. The van der Waals surface area contributed by atoms with Crippen LogP contribution in [0.25, 0.3) is 0 Å². The van der Waals surface area contributed by atoms with Crippen molar-refractivity contribution in [2.75, 3.05) is 12.0 Å². The first-order chi connectivity index (χ1) is 6.13. The lowest BCUT2D eigenvalue weighted by Crippen LogP contribution is -2.20. The van der Waals surface area contributed by atoms with Crippen LogP contribution in [0, 0.1) is 5.41 Å². The van der Waals surface area contributed by atoms with E-state index in [0.29, 0.717) is 0 Å². The Morgan fingerprint density at radius 1 is 1.21 bits per heavy atom. The molecule has 0 aliphatic rings. The SMILES string of the molecule is CC(C)(C)C(Cl)CCCCS(C)(=O)=O. The van der Waals surface area contributed by atoms with Crippen molar-refractivity contribution in [1.29, 1.82) is 0 Å². The molecule has 86 valence electrons. The van der Waals surface area contributed by atoms with E-state index in [1.807, 2.05) is 0 Å². The lowest BCUT2D eigenvalue weighted by molar-refractivity contribution is 0.368. The number of rotatable bonds is 5. The van der Waals surface area contributed by atoms with Gasteiger partial charge in [-0.3, -0.25) is 0 Å². The Morgan fingerprint density at radius 3 is 2.07 bits per heavy atom. The van der Waals surface area contributed by atoms with Crippen LogP contribution < -0.4 is 0 Å². The van der Waals surface area contributed by atoms with Crippen molar-refractivity contribution >= 4 is 21.4 Å². The third kappa shape index (κ3) is 7.63. The van der Waals surface area contributed by atoms with Gasteiger partial charge in [-0.1, -0.05) is 27.2 Å². The number of halogens is 1. The molecular weight excluding hydrogens is 220 g/mol. The number of sulfone groups is 1. The standard InChI is InChI=1S/C10H21ClO2S/c1-10(2,3)9(11)7-5-6-8-14(4,12)13/h9H,5-8H2,1-4H3. The highest BCUT2D eigenvalue weighted by Gasteiger charge is 2.21. The van der Waals surface area contributed by atoms with Gasteiger partial charge < -0.3 is 0 Å². The molecule has 0 aromatic rings. The summed E-state index contributed by atoms with van der Waals surface area (Å²) in [6, 6.07) is 0. The monoisotopic (exact) mass is 240 g/mol. The fourth-order valence-corrected chi connectivity index (χ4v) is 2.00. The molecule has 0 saturated heterocycles. The summed E-state index contributed by atoms with van der Waals surface area (Å²) in [4.78, 5) is 0. The zero-order chi connectivity index (χ0) is 11.4. The summed E-state index contributed by atoms with van der Waals surface area (Å²) < 4.78 is 21.7. The van der Waals surface area contributed by atoms with E-state index in [1.165, 1.54) is 6.26 Å². The molecule has 0 radical (unpaired) electrons. The Balaban J connectivity index is 3.66. The van der Waals surface area contributed by atoms with E-state index in [4.69, 9.17) is 11.6 Å². The van der Waals surface area contributed by atoms with Gasteiger partial charge in [-0.15, -0.1) is 11.6 Å². The Kier molecular flexibility index (Phi) is 5.45. The van der Waals surface area contributed by atoms with Crippen LogP contribution in [0.2, 0.25) is 0 Å². The van der Waals surface area contributed by atoms with Crippen LogP contribution in [-0.2, 0) is 9.84 Å². The van der Waals surface area contributed by atoms with Crippen molar-refractivity contribution < 1.29 is 8.42 Å². The van der Waals surface area contributed by atoms with Crippen LogP contribution in [0.1, 0.15) is 40.0 Å². The first-order valence-electron chi connectivity index (χ1n) is 4.95. The van der Waals surface area contributed by atoms with Crippen molar-refractivity contribution in [2.24, 2.45) is 5.41 Å². The van der Waals surface area contributed by atoms with Crippen LogP contribution in [-0.4, -0.2) is 25.8 Å². The Morgan fingerprint density at radius 2 is 1.71 bits per heavy atom. The maximum atomic E-state index is 10.8. The number of hydrogen-bond donors (Lipinski definition) is 0. The van der Waals surface area contributed by atoms with E-state index in [9.17, 15) is 8.42 Å². The molecule has 1 atom stereocenters. The summed E-state index contributed by atoms with van der Waals surface area (Å²) in [6.45, 7) is 6.30. The summed E-state index contributed by atoms with van der Waals surface area (Å²) >= 11 is 6.16. The van der Waals surface area contributed by atoms with Crippen molar-refractivity contribution in [3.8, 4) is 0 Å². The first kappa shape index (κ1) is 14.2. The van der Waals surface area contributed by atoms with E-state index >= 15 is 0 Å². The minimum Gasteiger partial charge on any atom is -0.229 e. The van der Waals surface area contributed by atoms with Crippen LogP contribution in [0.15, 0.2) is 0 Å². The van der Waals surface area contributed by atoms with Crippen molar-refractivity contribution in [3.63, 3.8) is 0 Å². The van der Waals surface area contributed by atoms with Gasteiger partial charge in [-0.25, -0.2) is 8.42 Å². The Labute approximate surface area is 93.0 Å². The van der Waals surface area contributed by atoms with E-state index in [0.717, 1.165) is 19.3 Å². The molecule has 4 heteroatoms. The fourth-order valence-electron chi connectivity index (χ4n) is 1.12. The molecule has 0 aromatic carbocycles. The highest BCUT2D eigenvalue weighted by atomic mass is 35.5. The molecule has 0 saturated carbocycles. The zero-order valence-electron chi connectivity index (χ0n) is 9.51. The minimum absolute atomic E-state index is 0.104. The van der Waals surface area contributed by atoms with Gasteiger partial charge in [0.1, 0.15) is 9.84 Å². The van der Waals surface area contributed by atoms with Gasteiger partial charge in [0.25, 0.3) is 0 Å². The first-order valence-corrected chi connectivity index (χ1v) is 7.44. The van der Waals surface area contributed by atoms with Gasteiger partial charge in [-0.2, -0.15) is 0 Å². The van der Waals surface area contributed by atoms with E-state index in [2.05, 4.69) is 20.8 Å². The molecule has 0 aliphatic carbocycles. The second kappa shape index (κ2) is 5.36. The van der Waals surface area contributed by atoms with Gasteiger partial charge >= 0.3 is 0 Å². The van der Waals surface area contributed by atoms with Gasteiger partial charge in [-0.05, 0) is 18.3 Å². The maximum absolute atomic E-state index is 10.8. The quantitative estimate of drug-likeness (QED) is 0.547. The lowest BCUT2D eigenvalue weighted by Gasteiger charge is -2.24. The summed E-state index contributed by atoms with van der Waals surface area (Å²) in [7, 11) is -2.80. The van der Waals surface area contributed by atoms with E-state index < -0.39 is 9.84 Å². The highest BCUT2D eigenvalue weighted by molar-refractivity contribution is 7.90. The van der Waals surface area contributed by atoms with Gasteiger partial charge in [0.05, 0.1) is 0 Å². The molecule has 0 rings (SSSR count). The van der Waals surface area contributed by atoms with Crippen LogP contribution >= 0.6 is 11.6 Å². The normalized spacial score (nSPS) is 15.5. The third-order valence-corrected chi connectivity index (χ3v) is 4.07. The molecule has 0 bridgehead atoms. The van der Waals surface area contributed by atoms with Crippen LogP contribution in [0.4, 0.5) is 0 Å². The predicted octanol–water partition coefficient (Wildman–Crippen LogP) is 2.85. The number of alkyl halides is 1. The second-order valence-corrected chi connectivity index (χ2v) is 7.75. The molecule has 0 N–H and O–H groups in total. The smallest absolute Gasteiger partial charge is 0.147 e. The highest BCUT2D eigenvalue weighted by Crippen LogP contribution is 2.28. The van der Waals surface area contributed by atoms with Crippen molar-refractivity contribution in [1.82, 2.24) is 0 Å². The van der Waals surface area contributed by atoms with Crippen LogP contribution in [0.5, 0.6) is 0 Å². The summed E-state index contributed by atoms with van der Waals surface area (Å²) in [5, 5.41) is 0.127.